The van der Waals surface area contributed by atoms with Crippen molar-refractivity contribution >= 4 is 55.8 Å². The number of aromatic nitrogens is 2. The van der Waals surface area contributed by atoms with Crippen LogP contribution in [-0.2, 0) is 14.8 Å². The van der Waals surface area contributed by atoms with Gasteiger partial charge in [-0.2, -0.15) is 0 Å². The third-order valence-electron chi connectivity index (χ3n) is 5.55. The molecule has 2 aromatic carbocycles. The van der Waals surface area contributed by atoms with Gasteiger partial charge in [0.1, 0.15) is 6.04 Å². The summed E-state index contributed by atoms with van der Waals surface area (Å²) in [6.07, 6.45) is 5.22. The molecule has 4 rings (SSSR count). The molecule has 0 fully saturated rings. The molecule has 4 aromatic rings. The number of carboxylic acid groups (broad SMARTS) is 1. The Bertz CT molecular complexity index is 1490. The number of benzene rings is 2. The largest absolute Gasteiger partial charge is 0.480 e. The first-order valence-electron chi connectivity index (χ1n) is 10.6. The van der Waals surface area contributed by atoms with Crippen molar-refractivity contribution < 1.29 is 18.3 Å². The van der Waals surface area contributed by atoms with Crippen LogP contribution >= 0.6 is 23.2 Å². The van der Waals surface area contributed by atoms with E-state index >= 15 is 0 Å². The summed E-state index contributed by atoms with van der Waals surface area (Å²) in [6.45, 7) is 5.03. The maximum Gasteiger partial charge on any atom is 0.328 e. The Hall–Kier alpha value is -3.07. The number of carbonyl (C=O) groups is 1. The van der Waals surface area contributed by atoms with Gasteiger partial charge in [0.25, 0.3) is 10.0 Å². The van der Waals surface area contributed by atoms with E-state index in [1.165, 1.54) is 18.2 Å². The highest BCUT2D eigenvalue weighted by atomic mass is 35.5. The number of fused-ring (bicyclic) bond motifs is 1. The van der Waals surface area contributed by atoms with Crippen molar-refractivity contribution in [1.29, 1.82) is 0 Å². The standard InChI is InChI=1S/C25H23Cl2N3O4S/c1-25(2,3)23(24(31)32)30(35(33,34)21-14-17(26)13-18(27)15-21)20-4-5-22-16(12-20)8-11-29(22)19-6-9-28-10-7-19/h4-15,23H,1-3H3,(H,31,32). The molecule has 2 heterocycles. The zero-order chi connectivity index (χ0) is 25.5. The minimum atomic E-state index is -4.37. The van der Waals surface area contributed by atoms with E-state index in [2.05, 4.69) is 4.98 Å². The van der Waals surface area contributed by atoms with Crippen molar-refractivity contribution in [3.8, 4) is 5.69 Å². The molecule has 0 saturated heterocycles. The summed E-state index contributed by atoms with van der Waals surface area (Å²) in [4.78, 5) is 16.3. The van der Waals surface area contributed by atoms with E-state index in [1.807, 2.05) is 29.0 Å². The number of aliphatic carboxylic acids is 1. The molecule has 0 amide bonds. The minimum Gasteiger partial charge on any atom is -0.480 e. The van der Waals surface area contributed by atoms with Crippen molar-refractivity contribution in [3.63, 3.8) is 0 Å². The Morgan fingerprint density at radius 1 is 1.00 bits per heavy atom. The first-order chi connectivity index (χ1) is 16.4. The summed E-state index contributed by atoms with van der Waals surface area (Å²) >= 11 is 12.2. The lowest BCUT2D eigenvalue weighted by atomic mass is 9.86. The SMILES string of the molecule is CC(C)(C)C(C(=O)O)N(c1ccc2c(ccn2-c2ccncc2)c1)S(=O)(=O)c1cc(Cl)cc(Cl)c1. The van der Waals surface area contributed by atoms with Crippen LogP contribution in [0.5, 0.6) is 0 Å². The minimum absolute atomic E-state index is 0.128. The van der Waals surface area contributed by atoms with Gasteiger partial charge in [-0.15, -0.1) is 0 Å². The van der Waals surface area contributed by atoms with Gasteiger partial charge in [0.05, 0.1) is 16.1 Å². The number of pyridine rings is 1. The van der Waals surface area contributed by atoms with Crippen LogP contribution in [0.15, 0.2) is 78.1 Å². The number of carboxylic acids is 1. The maximum absolute atomic E-state index is 13.9. The number of rotatable bonds is 6. The second kappa shape index (κ2) is 9.18. The summed E-state index contributed by atoms with van der Waals surface area (Å²) in [5, 5.41) is 11.2. The fraction of sp³-hybridized carbons (Fsp3) is 0.200. The third-order valence-corrected chi connectivity index (χ3v) is 7.76. The van der Waals surface area contributed by atoms with Crippen molar-refractivity contribution in [2.75, 3.05) is 4.31 Å². The van der Waals surface area contributed by atoms with Crippen LogP contribution in [0.4, 0.5) is 5.69 Å². The lowest BCUT2D eigenvalue weighted by molar-refractivity contribution is -0.140. The fourth-order valence-electron chi connectivity index (χ4n) is 4.04. The van der Waals surface area contributed by atoms with Gasteiger partial charge in [0, 0.05) is 39.7 Å². The molecular weight excluding hydrogens is 509 g/mol. The fourth-order valence-corrected chi connectivity index (χ4v) is 6.55. The first-order valence-corrected chi connectivity index (χ1v) is 12.8. The highest BCUT2D eigenvalue weighted by Crippen LogP contribution is 2.37. The highest BCUT2D eigenvalue weighted by molar-refractivity contribution is 7.93. The molecule has 0 aliphatic rings. The average molecular weight is 532 g/mol. The van der Waals surface area contributed by atoms with E-state index in [9.17, 15) is 18.3 Å². The van der Waals surface area contributed by atoms with Gasteiger partial charge in [0.2, 0.25) is 0 Å². The Labute approximate surface area is 213 Å². The van der Waals surface area contributed by atoms with Crippen molar-refractivity contribution in [2.45, 2.75) is 31.7 Å². The number of hydrogen-bond donors (Lipinski definition) is 1. The highest BCUT2D eigenvalue weighted by Gasteiger charge is 2.43. The summed E-state index contributed by atoms with van der Waals surface area (Å²) in [6, 6.07) is 13.1. The van der Waals surface area contributed by atoms with Gasteiger partial charge >= 0.3 is 5.97 Å². The Morgan fingerprint density at radius 2 is 1.63 bits per heavy atom. The molecule has 2 aromatic heterocycles. The van der Waals surface area contributed by atoms with Gasteiger partial charge in [-0.3, -0.25) is 9.29 Å². The predicted molar refractivity (Wildman–Crippen MR) is 138 cm³/mol. The maximum atomic E-state index is 13.9. The quantitative estimate of drug-likeness (QED) is 0.328. The molecular formula is C25H23Cl2N3O4S. The lowest BCUT2D eigenvalue weighted by Gasteiger charge is -2.37. The van der Waals surface area contributed by atoms with Crippen molar-refractivity contribution in [3.05, 3.63) is 83.2 Å². The van der Waals surface area contributed by atoms with Crippen LogP contribution < -0.4 is 4.31 Å². The van der Waals surface area contributed by atoms with Gasteiger partial charge in [-0.05, 0) is 60.0 Å². The summed E-state index contributed by atoms with van der Waals surface area (Å²) in [5.41, 5.74) is 0.979. The van der Waals surface area contributed by atoms with Crippen LogP contribution in [0.2, 0.25) is 10.0 Å². The van der Waals surface area contributed by atoms with E-state index in [-0.39, 0.29) is 20.6 Å². The van der Waals surface area contributed by atoms with Crippen molar-refractivity contribution in [1.82, 2.24) is 9.55 Å². The normalized spacial score (nSPS) is 13.1. The van der Waals surface area contributed by atoms with E-state index in [4.69, 9.17) is 23.2 Å². The Balaban J connectivity index is 1.94. The molecule has 35 heavy (non-hydrogen) atoms. The molecule has 0 bridgehead atoms. The van der Waals surface area contributed by atoms with E-state index < -0.39 is 27.4 Å². The van der Waals surface area contributed by atoms with Crippen LogP contribution in [0.3, 0.4) is 0 Å². The zero-order valence-electron chi connectivity index (χ0n) is 19.2. The molecule has 0 spiro atoms. The smallest absolute Gasteiger partial charge is 0.328 e. The Morgan fingerprint density at radius 3 is 2.20 bits per heavy atom. The lowest BCUT2D eigenvalue weighted by Crippen LogP contribution is -2.52. The molecule has 1 atom stereocenters. The number of halogens is 2. The summed E-state index contributed by atoms with van der Waals surface area (Å²) < 4.78 is 30.7. The molecule has 0 radical (unpaired) electrons. The second-order valence-electron chi connectivity index (χ2n) is 9.15. The van der Waals surface area contributed by atoms with Gasteiger partial charge < -0.3 is 9.67 Å². The monoisotopic (exact) mass is 531 g/mol. The third kappa shape index (κ3) is 4.87. The molecule has 0 aliphatic carbocycles. The average Bonchev–Trinajstić information content (AvgIpc) is 3.19. The molecule has 7 nitrogen and oxygen atoms in total. The first kappa shape index (κ1) is 25.0. The number of nitrogens with zero attached hydrogens (tertiary/aromatic N) is 3. The number of anilines is 1. The Kier molecular flexibility index (Phi) is 6.57. The van der Waals surface area contributed by atoms with Crippen LogP contribution in [0, 0.1) is 5.41 Å². The molecule has 10 heteroatoms. The van der Waals surface area contributed by atoms with E-state index in [0.717, 1.165) is 20.9 Å². The second-order valence-corrected chi connectivity index (χ2v) is 11.8. The molecule has 1 unspecified atom stereocenters. The number of hydrogen-bond acceptors (Lipinski definition) is 4. The molecule has 182 valence electrons. The topological polar surface area (TPSA) is 92.5 Å². The molecule has 0 saturated carbocycles. The molecule has 1 N–H and O–H groups in total. The molecule has 0 aliphatic heterocycles. The van der Waals surface area contributed by atoms with E-state index in [1.54, 1.807) is 51.4 Å². The van der Waals surface area contributed by atoms with Crippen LogP contribution in [0.1, 0.15) is 20.8 Å². The van der Waals surface area contributed by atoms with E-state index in [0.29, 0.717) is 0 Å². The predicted octanol–water partition coefficient (Wildman–Crippen LogP) is 6.03. The van der Waals surface area contributed by atoms with Gasteiger partial charge in [0.15, 0.2) is 0 Å². The summed E-state index contributed by atoms with van der Waals surface area (Å²) in [5.74, 6) is -1.27. The number of sulfonamides is 1. The van der Waals surface area contributed by atoms with Gasteiger partial charge in [-0.25, -0.2) is 13.2 Å². The summed E-state index contributed by atoms with van der Waals surface area (Å²) in [7, 11) is -4.37. The van der Waals surface area contributed by atoms with Crippen LogP contribution in [-0.4, -0.2) is 35.1 Å². The van der Waals surface area contributed by atoms with Crippen molar-refractivity contribution in [2.24, 2.45) is 5.41 Å². The zero-order valence-corrected chi connectivity index (χ0v) is 21.5. The van der Waals surface area contributed by atoms with Gasteiger partial charge in [-0.1, -0.05) is 44.0 Å². The van der Waals surface area contributed by atoms with Crippen LogP contribution in [0.25, 0.3) is 16.6 Å².